The lowest BCUT2D eigenvalue weighted by Gasteiger charge is -2.16. The molecule has 0 amide bonds. The van der Waals surface area contributed by atoms with Crippen LogP contribution in [0.5, 0.6) is 11.5 Å². The van der Waals surface area contributed by atoms with E-state index in [0.717, 1.165) is 40.2 Å². The molecule has 0 aliphatic carbocycles. The molecule has 0 saturated heterocycles. The Morgan fingerprint density at radius 2 is 1.15 bits per heavy atom. The van der Waals surface area contributed by atoms with Gasteiger partial charge in [0.05, 0.1) is 28.3 Å². The van der Waals surface area contributed by atoms with Gasteiger partial charge in [0.25, 0.3) is 0 Å². The van der Waals surface area contributed by atoms with Gasteiger partial charge in [0.15, 0.2) is 6.29 Å². The molecule has 0 aliphatic heterocycles. The van der Waals surface area contributed by atoms with Crippen molar-refractivity contribution in [3.05, 3.63) is 96.1 Å². The molecule has 5 rings (SSSR count). The van der Waals surface area contributed by atoms with Crippen molar-refractivity contribution in [1.29, 1.82) is 0 Å². The van der Waals surface area contributed by atoms with Crippen LogP contribution in [0.3, 0.4) is 0 Å². The largest absolute Gasteiger partial charge is 0.488 e. The average molecular weight is 537 g/mol. The van der Waals surface area contributed by atoms with Gasteiger partial charge in [0, 0.05) is 48.0 Å². The number of carbonyl (C=O) groups excluding carboxylic acids is 1. The number of hydrogen-bond donors (Lipinski definition) is 0. The number of rotatable bonds is 11. The first-order chi connectivity index (χ1) is 19.5. The van der Waals surface area contributed by atoms with Crippen molar-refractivity contribution in [1.82, 2.24) is 29.5 Å². The summed E-state index contributed by atoms with van der Waals surface area (Å²) < 4.78 is 16.2. The highest BCUT2D eigenvalue weighted by Crippen LogP contribution is 2.31. The van der Waals surface area contributed by atoms with Crippen LogP contribution >= 0.6 is 0 Å². The maximum Gasteiger partial charge on any atom is 0.157 e. The molecule has 0 unspecified atom stereocenters. The average Bonchev–Trinajstić information content (AvgIpc) is 3.66. The van der Waals surface area contributed by atoms with Crippen molar-refractivity contribution in [2.24, 2.45) is 0 Å². The summed E-state index contributed by atoms with van der Waals surface area (Å²) >= 11 is 0. The van der Waals surface area contributed by atoms with Crippen LogP contribution in [0.4, 0.5) is 0 Å². The third-order valence-electron chi connectivity index (χ3n) is 6.50. The van der Waals surface area contributed by atoms with Crippen LogP contribution in [-0.2, 0) is 13.2 Å². The number of aromatic nitrogens is 6. The van der Waals surface area contributed by atoms with Crippen LogP contribution in [0, 0.1) is 0 Å². The second-order valence-electron chi connectivity index (χ2n) is 9.89. The summed E-state index contributed by atoms with van der Waals surface area (Å²) in [5.74, 6) is 0.868. The first kappa shape index (κ1) is 26.8. The summed E-state index contributed by atoms with van der Waals surface area (Å²) in [5.41, 5.74) is 5.51. The summed E-state index contributed by atoms with van der Waals surface area (Å²) in [6.07, 6.45) is 7.81. The molecule has 0 fully saturated rings. The van der Waals surface area contributed by atoms with Gasteiger partial charge in [0.2, 0.25) is 0 Å². The molecule has 204 valence electrons. The minimum absolute atomic E-state index is 0.183. The molecule has 40 heavy (non-hydrogen) atoms. The molecule has 4 aromatic heterocycles. The van der Waals surface area contributed by atoms with Gasteiger partial charge in [0.1, 0.15) is 24.7 Å². The second-order valence-corrected chi connectivity index (χ2v) is 9.89. The Morgan fingerprint density at radius 1 is 0.675 bits per heavy atom. The summed E-state index contributed by atoms with van der Waals surface area (Å²) in [4.78, 5) is 21.4. The van der Waals surface area contributed by atoms with Crippen molar-refractivity contribution >= 4 is 6.29 Å². The Bertz CT molecular complexity index is 1490. The second kappa shape index (κ2) is 11.9. The van der Waals surface area contributed by atoms with E-state index >= 15 is 0 Å². The van der Waals surface area contributed by atoms with Gasteiger partial charge in [-0.3, -0.25) is 24.1 Å². The zero-order valence-corrected chi connectivity index (χ0v) is 23.1. The SMILES string of the molecule is CC(C)n1nccc1-c1ncccc1COc1cccc(OCc2cccnc2-c2ccnn2C(C)C)c1C=O. The summed E-state index contributed by atoms with van der Waals surface area (Å²) in [7, 11) is 0. The first-order valence-corrected chi connectivity index (χ1v) is 13.3. The minimum Gasteiger partial charge on any atom is -0.488 e. The summed E-state index contributed by atoms with van der Waals surface area (Å²) in [5, 5.41) is 8.87. The summed E-state index contributed by atoms with van der Waals surface area (Å²) in [6.45, 7) is 8.75. The summed E-state index contributed by atoms with van der Waals surface area (Å²) in [6, 6.07) is 17.3. The van der Waals surface area contributed by atoms with Crippen molar-refractivity contribution in [3.63, 3.8) is 0 Å². The van der Waals surface area contributed by atoms with E-state index in [4.69, 9.17) is 9.47 Å². The van der Waals surface area contributed by atoms with Gasteiger partial charge in [-0.05, 0) is 64.1 Å². The van der Waals surface area contributed by atoms with Crippen LogP contribution in [0.2, 0.25) is 0 Å². The molecule has 9 heteroatoms. The Balaban J connectivity index is 1.37. The fourth-order valence-electron chi connectivity index (χ4n) is 4.60. The van der Waals surface area contributed by atoms with Crippen molar-refractivity contribution in [2.75, 3.05) is 0 Å². The van der Waals surface area contributed by atoms with E-state index < -0.39 is 0 Å². The number of pyridine rings is 2. The van der Waals surface area contributed by atoms with Gasteiger partial charge >= 0.3 is 0 Å². The lowest BCUT2D eigenvalue weighted by atomic mass is 10.1. The van der Waals surface area contributed by atoms with Gasteiger partial charge in [-0.15, -0.1) is 0 Å². The number of hydrogen-bond acceptors (Lipinski definition) is 7. The van der Waals surface area contributed by atoms with Crippen molar-refractivity contribution < 1.29 is 14.3 Å². The number of ether oxygens (including phenoxy) is 2. The van der Waals surface area contributed by atoms with E-state index in [1.807, 2.05) is 51.8 Å². The monoisotopic (exact) mass is 536 g/mol. The highest BCUT2D eigenvalue weighted by atomic mass is 16.5. The number of carbonyl (C=O) groups is 1. The number of aldehydes is 1. The Hall–Kier alpha value is -4.79. The van der Waals surface area contributed by atoms with Gasteiger partial charge in [-0.2, -0.15) is 10.2 Å². The van der Waals surface area contributed by atoms with Crippen LogP contribution in [0.25, 0.3) is 22.8 Å². The molecule has 0 bridgehead atoms. The zero-order chi connectivity index (χ0) is 28.1. The molecule has 0 N–H and O–H groups in total. The van der Waals surface area contributed by atoms with Gasteiger partial charge in [-0.1, -0.05) is 18.2 Å². The van der Waals surface area contributed by atoms with Crippen LogP contribution in [0.15, 0.2) is 79.4 Å². The molecular weight excluding hydrogens is 504 g/mol. The standard InChI is InChI=1S/C31H32N6O3/c1-21(2)36-26(12-16-34-36)30-23(8-6-14-32-30)19-39-28-10-5-11-29(25(28)18-38)40-20-24-9-7-15-33-31(24)27-13-17-35-37(27)22(3)4/h5-18,21-22H,19-20H2,1-4H3. The molecule has 4 heterocycles. The predicted molar refractivity (Wildman–Crippen MR) is 152 cm³/mol. The molecular formula is C31H32N6O3. The van der Waals surface area contributed by atoms with E-state index in [-0.39, 0.29) is 25.3 Å². The topological polar surface area (TPSA) is 96.9 Å². The molecule has 1 aromatic carbocycles. The Labute approximate surface area is 233 Å². The van der Waals surface area contributed by atoms with Crippen LogP contribution in [-0.4, -0.2) is 35.8 Å². The molecule has 5 aromatic rings. The smallest absolute Gasteiger partial charge is 0.157 e. The van der Waals surface area contributed by atoms with E-state index in [9.17, 15) is 4.79 Å². The molecule has 0 spiro atoms. The van der Waals surface area contributed by atoms with E-state index in [0.29, 0.717) is 17.1 Å². The quantitative estimate of drug-likeness (QED) is 0.182. The van der Waals surface area contributed by atoms with Crippen LogP contribution in [0.1, 0.15) is 61.3 Å². The maximum absolute atomic E-state index is 12.2. The van der Waals surface area contributed by atoms with E-state index in [1.54, 1.807) is 36.9 Å². The Morgan fingerprint density at radius 3 is 1.57 bits per heavy atom. The highest BCUT2D eigenvalue weighted by molar-refractivity contribution is 5.83. The third kappa shape index (κ3) is 5.49. The van der Waals surface area contributed by atoms with E-state index in [2.05, 4.69) is 47.9 Å². The van der Waals surface area contributed by atoms with E-state index in [1.165, 1.54) is 0 Å². The Kier molecular flexibility index (Phi) is 8.00. The molecule has 0 saturated carbocycles. The zero-order valence-electron chi connectivity index (χ0n) is 23.1. The first-order valence-electron chi connectivity index (χ1n) is 13.3. The van der Waals surface area contributed by atoms with Crippen molar-refractivity contribution in [2.45, 2.75) is 53.0 Å². The maximum atomic E-state index is 12.2. The fraction of sp³-hybridized carbons (Fsp3) is 0.258. The minimum atomic E-state index is 0.183. The lowest BCUT2D eigenvalue weighted by molar-refractivity contribution is 0.111. The predicted octanol–water partition coefficient (Wildman–Crippen LogP) is 6.34. The highest BCUT2D eigenvalue weighted by Gasteiger charge is 2.17. The molecule has 0 radical (unpaired) electrons. The molecule has 9 nitrogen and oxygen atoms in total. The number of nitrogens with zero attached hydrogens (tertiary/aromatic N) is 6. The lowest BCUT2D eigenvalue weighted by Crippen LogP contribution is -2.09. The van der Waals surface area contributed by atoms with Crippen molar-refractivity contribution in [3.8, 4) is 34.3 Å². The molecule has 0 atom stereocenters. The number of benzene rings is 1. The van der Waals surface area contributed by atoms with Gasteiger partial charge < -0.3 is 9.47 Å². The fourth-order valence-corrected chi connectivity index (χ4v) is 4.60. The normalized spacial score (nSPS) is 11.2. The third-order valence-corrected chi connectivity index (χ3v) is 6.50. The molecule has 0 aliphatic rings. The van der Waals surface area contributed by atoms with Gasteiger partial charge in [-0.25, -0.2) is 0 Å². The van der Waals surface area contributed by atoms with Crippen LogP contribution < -0.4 is 9.47 Å².